The van der Waals surface area contributed by atoms with Crippen molar-refractivity contribution >= 4 is 28.5 Å². The van der Waals surface area contributed by atoms with Crippen molar-refractivity contribution in [1.29, 1.82) is 5.26 Å². The van der Waals surface area contributed by atoms with Gasteiger partial charge in [0.25, 0.3) is 0 Å². The summed E-state index contributed by atoms with van der Waals surface area (Å²) < 4.78 is 0. The van der Waals surface area contributed by atoms with E-state index in [2.05, 4.69) is 15.0 Å². The van der Waals surface area contributed by atoms with Gasteiger partial charge in [0.15, 0.2) is 5.16 Å². The lowest BCUT2D eigenvalue weighted by Crippen LogP contribution is -1.93. The molecule has 5 nitrogen and oxygen atoms in total. The van der Waals surface area contributed by atoms with Gasteiger partial charge in [-0.15, -0.1) is 0 Å². The molecule has 6 heteroatoms. The molecular weight excluding hydrogens is 258 g/mol. The molecule has 92 valence electrons. The zero-order chi connectivity index (χ0) is 13.2. The largest absolute Gasteiger partial charge is 0.396 e. The van der Waals surface area contributed by atoms with Crippen LogP contribution in [0.25, 0.3) is 11.0 Å². The fourth-order valence-corrected chi connectivity index (χ4v) is 2.46. The monoisotopic (exact) mass is 267 g/mol. The molecule has 0 aliphatic heterocycles. The van der Waals surface area contributed by atoms with Gasteiger partial charge in [0.1, 0.15) is 11.1 Å². The molecule has 0 bridgehead atoms. The van der Waals surface area contributed by atoms with Crippen LogP contribution in [0.1, 0.15) is 5.56 Å². The second-order valence-corrected chi connectivity index (χ2v) is 4.87. The molecule has 3 N–H and O–H groups in total. The normalized spacial score (nSPS) is 10.5. The van der Waals surface area contributed by atoms with E-state index in [-0.39, 0.29) is 0 Å². The number of fused-ring (bicyclic) bond motifs is 1. The summed E-state index contributed by atoms with van der Waals surface area (Å²) >= 11 is 1.35. The third-order valence-electron chi connectivity index (χ3n) is 2.57. The first-order valence-corrected chi connectivity index (χ1v) is 6.36. The van der Waals surface area contributed by atoms with E-state index in [0.717, 1.165) is 16.2 Å². The Morgan fingerprint density at radius 1 is 1.32 bits per heavy atom. The van der Waals surface area contributed by atoms with Gasteiger partial charge in [-0.1, -0.05) is 12.1 Å². The summed E-state index contributed by atoms with van der Waals surface area (Å²) in [5.74, 6) is 0. The molecule has 0 amide bonds. The Hall–Kier alpha value is -2.52. The van der Waals surface area contributed by atoms with Crippen LogP contribution in [-0.4, -0.2) is 15.0 Å². The quantitative estimate of drug-likeness (QED) is 0.744. The minimum absolute atomic E-state index is 0.450. The van der Waals surface area contributed by atoms with Gasteiger partial charge in [-0.3, -0.25) is 0 Å². The van der Waals surface area contributed by atoms with Crippen molar-refractivity contribution in [2.45, 2.75) is 10.2 Å². The molecule has 0 unspecified atom stereocenters. The molecule has 2 aromatic heterocycles. The second-order valence-electron chi connectivity index (χ2n) is 3.89. The molecule has 0 aliphatic carbocycles. The molecule has 0 saturated heterocycles. The van der Waals surface area contributed by atoms with Crippen LogP contribution in [-0.2, 0) is 0 Å². The number of pyridine rings is 1. The lowest BCUT2D eigenvalue weighted by atomic mass is 10.3. The summed E-state index contributed by atoms with van der Waals surface area (Å²) in [6, 6.07) is 11.4. The molecule has 0 aliphatic rings. The van der Waals surface area contributed by atoms with E-state index in [9.17, 15) is 0 Å². The Balaban J connectivity index is 1.94. The Bertz CT molecular complexity index is 754. The van der Waals surface area contributed by atoms with E-state index in [1.807, 2.05) is 30.3 Å². The highest BCUT2D eigenvalue weighted by atomic mass is 32.2. The molecule has 3 aromatic rings. The molecule has 0 spiro atoms. The number of rotatable bonds is 2. The third kappa shape index (κ3) is 2.23. The zero-order valence-electron chi connectivity index (χ0n) is 9.79. The van der Waals surface area contributed by atoms with Crippen LogP contribution in [0.4, 0.5) is 5.69 Å². The molecule has 0 radical (unpaired) electrons. The Kier molecular flexibility index (Phi) is 2.82. The van der Waals surface area contributed by atoms with Gasteiger partial charge >= 0.3 is 0 Å². The number of benzene rings is 1. The van der Waals surface area contributed by atoms with Crippen LogP contribution < -0.4 is 5.73 Å². The van der Waals surface area contributed by atoms with Gasteiger partial charge in [-0.05, 0) is 30.0 Å². The van der Waals surface area contributed by atoms with E-state index in [4.69, 9.17) is 11.0 Å². The Labute approximate surface area is 113 Å². The first-order chi connectivity index (χ1) is 9.26. The summed E-state index contributed by atoms with van der Waals surface area (Å²) in [4.78, 5) is 11.8. The Morgan fingerprint density at radius 2 is 2.16 bits per heavy atom. The number of H-pyrrole nitrogens is 1. The first-order valence-electron chi connectivity index (χ1n) is 5.54. The number of nitrogens with one attached hydrogen (secondary N) is 1. The lowest BCUT2D eigenvalue weighted by molar-refractivity contribution is 1.06. The zero-order valence-corrected chi connectivity index (χ0v) is 10.6. The highest BCUT2D eigenvalue weighted by Crippen LogP contribution is 2.29. The predicted molar refractivity (Wildman–Crippen MR) is 73.6 cm³/mol. The fraction of sp³-hybridized carbons (Fsp3) is 0. The van der Waals surface area contributed by atoms with Crippen LogP contribution in [0.5, 0.6) is 0 Å². The average Bonchev–Trinajstić information content (AvgIpc) is 2.83. The van der Waals surface area contributed by atoms with E-state index < -0.39 is 0 Å². The van der Waals surface area contributed by atoms with Crippen LogP contribution >= 0.6 is 11.8 Å². The number of hydrogen-bond donors (Lipinski definition) is 2. The van der Waals surface area contributed by atoms with Crippen LogP contribution in [0.2, 0.25) is 0 Å². The van der Waals surface area contributed by atoms with E-state index >= 15 is 0 Å². The van der Waals surface area contributed by atoms with Crippen molar-refractivity contribution in [1.82, 2.24) is 15.0 Å². The van der Waals surface area contributed by atoms with Gasteiger partial charge in [0, 0.05) is 6.20 Å². The van der Waals surface area contributed by atoms with Crippen molar-refractivity contribution in [2.24, 2.45) is 0 Å². The summed E-state index contributed by atoms with van der Waals surface area (Å²) in [6.45, 7) is 0. The molecule has 19 heavy (non-hydrogen) atoms. The van der Waals surface area contributed by atoms with Crippen molar-refractivity contribution in [3.05, 3.63) is 42.1 Å². The summed E-state index contributed by atoms with van der Waals surface area (Å²) in [6.07, 6.45) is 1.50. The van der Waals surface area contributed by atoms with Gasteiger partial charge < -0.3 is 10.7 Å². The SMILES string of the molecule is N#Cc1cnc(Sc2nc3ccccc3[nH]2)c(N)c1. The number of hydrogen-bond acceptors (Lipinski definition) is 5. The highest BCUT2D eigenvalue weighted by molar-refractivity contribution is 7.99. The number of anilines is 1. The average molecular weight is 267 g/mol. The summed E-state index contributed by atoms with van der Waals surface area (Å²) in [5, 5.41) is 10.1. The lowest BCUT2D eigenvalue weighted by Gasteiger charge is -2.01. The molecule has 3 rings (SSSR count). The Morgan fingerprint density at radius 3 is 2.89 bits per heavy atom. The second kappa shape index (κ2) is 4.63. The number of nitrogens with zero attached hydrogens (tertiary/aromatic N) is 3. The molecule has 0 saturated carbocycles. The van der Waals surface area contributed by atoms with E-state index in [1.165, 1.54) is 18.0 Å². The number of imidazole rings is 1. The number of aromatic amines is 1. The molecule has 1 aromatic carbocycles. The van der Waals surface area contributed by atoms with Crippen molar-refractivity contribution in [3.63, 3.8) is 0 Å². The molecule has 0 atom stereocenters. The van der Waals surface area contributed by atoms with Gasteiger partial charge in [0.05, 0.1) is 22.3 Å². The minimum Gasteiger partial charge on any atom is -0.396 e. The van der Waals surface area contributed by atoms with Crippen LogP contribution in [0.3, 0.4) is 0 Å². The number of nitrogens with two attached hydrogens (primary N) is 1. The molecule has 2 heterocycles. The third-order valence-corrected chi connectivity index (χ3v) is 3.49. The molecular formula is C13H9N5S. The maximum atomic E-state index is 8.77. The number of nitriles is 1. The van der Waals surface area contributed by atoms with Crippen molar-refractivity contribution in [3.8, 4) is 6.07 Å². The molecule has 0 fully saturated rings. The highest BCUT2D eigenvalue weighted by Gasteiger charge is 2.08. The van der Waals surface area contributed by atoms with Gasteiger partial charge in [0.2, 0.25) is 0 Å². The minimum atomic E-state index is 0.450. The first kappa shape index (κ1) is 11.6. The van der Waals surface area contributed by atoms with E-state index in [1.54, 1.807) is 6.07 Å². The smallest absolute Gasteiger partial charge is 0.172 e. The summed E-state index contributed by atoms with van der Waals surface area (Å²) in [5.41, 5.74) is 8.66. The van der Waals surface area contributed by atoms with Gasteiger partial charge in [-0.25, -0.2) is 9.97 Å². The summed E-state index contributed by atoms with van der Waals surface area (Å²) in [7, 11) is 0. The standard InChI is InChI=1S/C13H9N5S/c14-6-8-5-9(15)12(16-7-8)19-13-17-10-3-1-2-4-11(10)18-13/h1-5,7H,15H2,(H,17,18). The number of nitrogen functional groups attached to an aromatic ring is 1. The van der Waals surface area contributed by atoms with E-state index in [0.29, 0.717) is 16.3 Å². The van der Waals surface area contributed by atoms with Crippen LogP contribution in [0.15, 0.2) is 46.7 Å². The maximum Gasteiger partial charge on any atom is 0.172 e. The van der Waals surface area contributed by atoms with Crippen LogP contribution in [0, 0.1) is 11.3 Å². The topological polar surface area (TPSA) is 91.4 Å². The number of para-hydroxylation sites is 2. The maximum absolute atomic E-state index is 8.77. The fourth-order valence-electron chi connectivity index (χ4n) is 1.68. The van der Waals surface area contributed by atoms with Crippen molar-refractivity contribution < 1.29 is 0 Å². The van der Waals surface area contributed by atoms with Gasteiger partial charge in [-0.2, -0.15) is 5.26 Å². The van der Waals surface area contributed by atoms with Crippen molar-refractivity contribution in [2.75, 3.05) is 5.73 Å². The predicted octanol–water partition coefficient (Wildman–Crippen LogP) is 2.56. The number of aromatic nitrogens is 3.